The van der Waals surface area contributed by atoms with Crippen molar-refractivity contribution in [3.8, 4) is 0 Å². The summed E-state index contributed by atoms with van der Waals surface area (Å²) in [6, 6.07) is 11.8. The zero-order chi connectivity index (χ0) is 20.0. The normalized spacial score (nSPS) is 12.4. The Morgan fingerprint density at radius 2 is 1.81 bits per heavy atom. The largest absolute Gasteiger partial charge is 0.354 e. The minimum Gasteiger partial charge on any atom is -0.354 e. The Kier molecular flexibility index (Phi) is 7.21. The third-order valence-corrected chi connectivity index (χ3v) is 5.51. The van der Waals surface area contributed by atoms with Crippen LogP contribution in [0, 0.1) is 5.82 Å². The highest BCUT2D eigenvalue weighted by Crippen LogP contribution is 2.24. The number of halogens is 2. The highest BCUT2D eigenvalue weighted by molar-refractivity contribution is 7.92. The lowest BCUT2D eigenvalue weighted by molar-refractivity contribution is -0.121. The van der Waals surface area contributed by atoms with Crippen molar-refractivity contribution < 1.29 is 17.6 Å². The van der Waals surface area contributed by atoms with Crippen molar-refractivity contribution in [2.75, 3.05) is 17.1 Å². The predicted octanol–water partition coefficient (Wildman–Crippen LogP) is 3.38. The lowest BCUT2D eigenvalue weighted by Gasteiger charge is -2.28. The minimum atomic E-state index is -3.84. The molecule has 0 bridgehead atoms. The number of rotatable bonds is 8. The molecule has 5 nitrogen and oxygen atoms in total. The molecule has 0 saturated carbocycles. The van der Waals surface area contributed by atoms with Gasteiger partial charge in [-0.2, -0.15) is 0 Å². The van der Waals surface area contributed by atoms with Crippen molar-refractivity contribution >= 4 is 33.2 Å². The van der Waals surface area contributed by atoms with E-state index < -0.39 is 27.8 Å². The van der Waals surface area contributed by atoms with Gasteiger partial charge in [0.1, 0.15) is 11.9 Å². The van der Waals surface area contributed by atoms with E-state index in [1.807, 2.05) is 12.1 Å². The van der Waals surface area contributed by atoms with Gasteiger partial charge in [-0.25, -0.2) is 12.8 Å². The Morgan fingerprint density at radius 1 is 1.19 bits per heavy atom. The van der Waals surface area contributed by atoms with Crippen LogP contribution in [0.25, 0.3) is 0 Å². The number of aryl methyl sites for hydroxylation is 1. The zero-order valence-corrected chi connectivity index (χ0v) is 16.7. The van der Waals surface area contributed by atoms with E-state index in [1.54, 1.807) is 12.1 Å². The third-order valence-electron chi connectivity index (χ3n) is 4.03. The number of amides is 1. The van der Waals surface area contributed by atoms with Gasteiger partial charge < -0.3 is 5.32 Å². The monoisotopic (exact) mass is 412 g/mol. The third kappa shape index (κ3) is 5.94. The van der Waals surface area contributed by atoms with E-state index in [4.69, 9.17) is 11.6 Å². The van der Waals surface area contributed by atoms with Crippen LogP contribution in [0.2, 0.25) is 5.02 Å². The molecule has 0 radical (unpaired) electrons. The number of anilines is 1. The van der Waals surface area contributed by atoms with Gasteiger partial charge in [0.05, 0.1) is 11.9 Å². The maximum Gasteiger partial charge on any atom is 0.243 e. The molecule has 146 valence electrons. The van der Waals surface area contributed by atoms with Crippen LogP contribution in [0.4, 0.5) is 10.1 Å². The molecule has 2 aromatic carbocycles. The van der Waals surface area contributed by atoms with E-state index in [1.165, 1.54) is 25.1 Å². The van der Waals surface area contributed by atoms with E-state index in [0.29, 0.717) is 18.0 Å². The number of hydrogen-bond acceptors (Lipinski definition) is 3. The van der Waals surface area contributed by atoms with Gasteiger partial charge >= 0.3 is 0 Å². The van der Waals surface area contributed by atoms with E-state index in [-0.39, 0.29) is 5.69 Å². The average Bonchev–Trinajstić information content (AvgIpc) is 2.60. The molecule has 0 aliphatic carbocycles. The van der Waals surface area contributed by atoms with Crippen molar-refractivity contribution in [2.24, 2.45) is 0 Å². The van der Waals surface area contributed by atoms with Crippen molar-refractivity contribution in [3.63, 3.8) is 0 Å². The van der Waals surface area contributed by atoms with Gasteiger partial charge in [0.2, 0.25) is 15.9 Å². The molecule has 0 fully saturated rings. The number of hydrogen-bond donors (Lipinski definition) is 1. The van der Waals surface area contributed by atoms with Crippen molar-refractivity contribution in [1.29, 1.82) is 0 Å². The van der Waals surface area contributed by atoms with Crippen molar-refractivity contribution in [1.82, 2.24) is 5.32 Å². The number of nitrogens with zero attached hydrogens (tertiary/aromatic N) is 1. The molecule has 0 spiro atoms. The second-order valence-corrected chi connectivity index (χ2v) is 8.50. The molecule has 0 aliphatic heterocycles. The maximum atomic E-state index is 14.1. The quantitative estimate of drug-likeness (QED) is 0.676. The fourth-order valence-corrected chi connectivity index (χ4v) is 4.02. The molecule has 0 aromatic heterocycles. The molecule has 0 saturated heterocycles. The lowest BCUT2D eigenvalue weighted by atomic mass is 10.1. The Labute approximate surface area is 164 Å². The Morgan fingerprint density at radius 3 is 2.41 bits per heavy atom. The number of benzene rings is 2. The predicted molar refractivity (Wildman–Crippen MR) is 106 cm³/mol. The second kappa shape index (κ2) is 9.19. The lowest BCUT2D eigenvalue weighted by Crippen LogP contribution is -2.48. The van der Waals surface area contributed by atoms with Gasteiger partial charge in [0.25, 0.3) is 0 Å². The van der Waals surface area contributed by atoms with Crippen LogP contribution < -0.4 is 9.62 Å². The van der Waals surface area contributed by atoms with Crippen LogP contribution >= 0.6 is 11.6 Å². The van der Waals surface area contributed by atoms with Gasteiger partial charge in [0.15, 0.2) is 0 Å². The first kappa shape index (κ1) is 21.2. The summed E-state index contributed by atoms with van der Waals surface area (Å²) in [5.41, 5.74) is 0.939. The molecule has 0 heterocycles. The van der Waals surface area contributed by atoms with Crippen molar-refractivity contribution in [3.05, 3.63) is 64.9 Å². The number of carbonyl (C=O) groups excluding carboxylic acids is 1. The first-order chi connectivity index (χ1) is 12.7. The van der Waals surface area contributed by atoms with Crippen molar-refractivity contribution in [2.45, 2.75) is 25.8 Å². The van der Waals surface area contributed by atoms with Crippen LogP contribution in [-0.2, 0) is 21.2 Å². The zero-order valence-electron chi connectivity index (χ0n) is 15.2. The number of sulfonamides is 1. The first-order valence-electron chi connectivity index (χ1n) is 8.46. The van der Waals surface area contributed by atoms with E-state index in [9.17, 15) is 17.6 Å². The molecule has 2 rings (SSSR count). The van der Waals surface area contributed by atoms with Crippen LogP contribution in [0.15, 0.2) is 48.5 Å². The second-order valence-electron chi connectivity index (χ2n) is 6.21. The summed E-state index contributed by atoms with van der Waals surface area (Å²) in [7, 11) is -3.84. The average molecular weight is 413 g/mol. The minimum absolute atomic E-state index is 0.149. The number of para-hydroxylation sites is 1. The van der Waals surface area contributed by atoms with E-state index in [2.05, 4.69) is 5.32 Å². The summed E-state index contributed by atoms with van der Waals surface area (Å²) in [5, 5.41) is 3.37. The summed E-state index contributed by atoms with van der Waals surface area (Å²) in [6.45, 7) is 1.81. The Bertz CT molecular complexity index is 888. The molecule has 8 heteroatoms. The van der Waals surface area contributed by atoms with Crippen LogP contribution in [0.3, 0.4) is 0 Å². The molecule has 1 N–H and O–H groups in total. The van der Waals surface area contributed by atoms with E-state index >= 15 is 0 Å². The smallest absolute Gasteiger partial charge is 0.243 e. The molecular weight excluding hydrogens is 391 g/mol. The summed E-state index contributed by atoms with van der Waals surface area (Å²) in [4.78, 5) is 12.4. The topological polar surface area (TPSA) is 66.5 Å². The first-order valence-corrected chi connectivity index (χ1v) is 10.7. The molecule has 27 heavy (non-hydrogen) atoms. The molecule has 1 atom stereocenters. The highest BCUT2D eigenvalue weighted by atomic mass is 35.5. The van der Waals surface area contributed by atoms with Crippen LogP contribution in [0.5, 0.6) is 0 Å². The summed E-state index contributed by atoms with van der Waals surface area (Å²) in [5.74, 6) is -1.19. The molecular formula is C19H22ClFN2O3S. The van der Waals surface area contributed by atoms with Gasteiger partial charge in [-0.1, -0.05) is 35.9 Å². The van der Waals surface area contributed by atoms with Gasteiger partial charge in [-0.3, -0.25) is 9.10 Å². The fraction of sp³-hybridized carbons (Fsp3) is 0.316. The maximum absolute atomic E-state index is 14.1. The Hall–Kier alpha value is -2.12. The molecule has 0 aliphatic rings. The summed E-state index contributed by atoms with van der Waals surface area (Å²) in [6.07, 6.45) is 2.37. The highest BCUT2D eigenvalue weighted by Gasteiger charge is 2.30. The van der Waals surface area contributed by atoms with Crippen LogP contribution in [-0.4, -0.2) is 33.2 Å². The fourth-order valence-electron chi connectivity index (χ4n) is 2.71. The number of nitrogens with one attached hydrogen (secondary N) is 1. The van der Waals surface area contributed by atoms with Crippen LogP contribution in [0.1, 0.15) is 18.9 Å². The molecule has 1 unspecified atom stereocenters. The summed E-state index contributed by atoms with van der Waals surface area (Å²) >= 11 is 5.84. The molecule has 2 aromatic rings. The SMILES string of the molecule is CC(C(=O)NCCCc1ccc(Cl)cc1)N(c1ccccc1F)S(C)(=O)=O. The van der Waals surface area contributed by atoms with Gasteiger partial charge in [-0.05, 0) is 49.6 Å². The summed E-state index contributed by atoms with van der Waals surface area (Å²) < 4.78 is 39.2. The van der Waals surface area contributed by atoms with E-state index in [0.717, 1.165) is 28.6 Å². The van der Waals surface area contributed by atoms with Gasteiger partial charge in [0, 0.05) is 11.6 Å². The number of carbonyl (C=O) groups is 1. The molecule has 1 amide bonds. The Balaban J connectivity index is 1.99. The standard InChI is InChI=1S/C19H22ClFN2O3S/c1-14(23(27(2,25)26)18-8-4-3-7-17(18)21)19(24)22-13-5-6-15-9-11-16(20)12-10-15/h3-4,7-12,14H,5-6,13H2,1-2H3,(H,22,24). The van der Waals surface area contributed by atoms with Gasteiger partial charge in [-0.15, -0.1) is 0 Å².